The van der Waals surface area contributed by atoms with Gasteiger partial charge in [0.2, 0.25) is 5.91 Å². The van der Waals surface area contributed by atoms with Crippen LogP contribution in [0.2, 0.25) is 0 Å². The molecule has 1 aliphatic heterocycles. The number of nitrogen functional groups attached to an aromatic ring is 1. The van der Waals surface area contributed by atoms with Crippen molar-refractivity contribution in [2.24, 2.45) is 0 Å². The van der Waals surface area contributed by atoms with Crippen molar-refractivity contribution in [2.75, 3.05) is 19.3 Å². The number of aromatic amines is 1. The SMILES string of the molecule is CCCc1[nH]nc(C(=O)N2CCCC2C(=O)NC)c1N. The van der Waals surface area contributed by atoms with Gasteiger partial charge in [-0.3, -0.25) is 14.7 Å². The van der Waals surface area contributed by atoms with Gasteiger partial charge in [-0.05, 0) is 19.3 Å². The van der Waals surface area contributed by atoms with Gasteiger partial charge in [0.15, 0.2) is 5.69 Å². The van der Waals surface area contributed by atoms with E-state index in [-0.39, 0.29) is 17.5 Å². The van der Waals surface area contributed by atoms with Crippen LogP contribution >= 0.6 is 0 Å². The highest BCUT2D eigenvalue weighted by molar-refractivity contribution is 6.00. The van der Waals surface area contributed by atoms with Crippen LogP contribution in [-0.4, -0.2) is 46.5 Å². The van der Waals surface area contributed by atoms with Gasteiger partial charge < -0.3 is 16.0 Å². The number of nitrogens with two attached hydrogens (primary N) is 1. The molecular formula is C13H21N5O2. The maximum atomic E-state index is 12.5. The van der Waals surface area contributed by atoms with Crippen LogP contribution in [0.15, 0.2) is 0 Å². The number of carbonyl (C=O) groups is 2. The van der Waals surface area contributed by atoms with Gasteiger partial charge in [-0.15, -0.1) is 0 Å². The van der Waals surface area contributed by atoms with Crippen molar-refractivity contribution in [2.45, 2.75) is 38.6 Å². The number of aryl methyl sites for hydroxylation is 1. The molecule has 0 radical (unpaired) electrons. The Kier molecular flexibility index (Phi) is 4.26. The number of nitrogens with one attached hydrogen (secondary N) is 2. The number of nitrogens with zero attached hydrogens (tertiary/aromatic N) is 2. The number of anilines is 1. The summed E-state index contributed by atoms with van der Waals surface area (Å²) in [4.78, 5) is 25.8. The molecule has 0 spiro atoms. The number of amides is 2. The lowest BCUT2D eigenvalue weighted by atomic mass is 10.1. The third kappa shape index (κ3) is 2.48. The highest BCUT2D eigenvalue weighted by Gasteiger charge is 2.35. The Morgan fingerprint density at radius 3 is 2.95 bits per heavy atom. The second-order valence-electron chi connectivity index (χ2n) is 4.99. The number of H-pyrrole nitrogens is 1. The van der Waals surface area contributed by atoms with Gasteiger partial charge in [0, 0.05) is 13.6 Å². The van der Waals surface area contributed by atoms with Gasteiger partial charge in [-0.25, -0.2) is 0 Å². The van der Waals surface area contributed by atoms with Crippen LogP contribution in [-0.2, 0) is 11.2 Å². The normalized spacial score (nSPS) is 18.3. The fourth-order valence-corrected chi connectivity index (χ4v) is 2.58. The van der Waals surface area contributed by atoms with Crippen LogP contribution in [0.25, 0.3) is 0 Å². The number of aromatic nitrogens is 2. The summed E-state index contributed by atoms with van der Waals surface area (Å²) < 4.78 is 0. The Hall–Kier alpha value is -2.05. The zero-order chi connectivity index (χ0) is 14.7. The summed E-state index contributed by atoms with van der Waals surface area (Å²) in [6, 6.07) is -0.418. The molecule has 1 aliphatic rings. The van der Waals surface area contributed by atoms with Gasteiger partial charge >= 0.3 is 0 Å². The fraction of sp³-hybridized carbons (Fsp3) is 0.615. The van der Waals surface area contributed by atoms with Crippen LogP contribution in [0, 0.1) is 0 Å². The Morgan fingerprint density at radius 1 is 1.55 bits per heavy atom. The van der Waals surface area contributed by atoms with Crippen LogP contribution in [0.5, 0.6) is 0 Å². The predicted molar refractivity (Wildman–Crippen MR) is 75.1 cm³/mol. The van der Waals surface area contributed by atoms with Crippen molar-refractivity contribution in [1.29, 1.82) is 0 Å². The summed E-state index contributed by atoms with van der Waals surface area (Å²) in [5.74, 6) is -0.411. The molecule has 7 heteroatoms. The molecule has 2 amide bonds. The summed E-state index contributed by atoms with van der Waals surface area (Å²) in [5, 5.41) is 9.43. The van der Waals surface area contributed by atoms with E-state index in [9.17, 15) is 9.59 Å². The number of carbonyl (C=O) groups excluding carboxylic acids is 2. The quantitative estimate of drug-likeness (QED) is 0.737. The second kappa shape index (κ2) is 5.94. The molecule has 4 N–H and O–H groups in total. The van der Waals surface area contributed by atoms with Crippen LogP contribution in [0.3, 0.4) is 0 Å². The number of rotatable bonds is 4. The Labute approximate surface area is 117 Å². The molecule has 2 rings (SSSR count). The van der Waals surface area contributed by atoms with Crippen molar-refractivity contribution < 1.29 is 9.59 Å². The van der Waals surface area contributed by atoms with Crippen molar-refractivity contribution in [1.82, 2.24) is 20.4 Å². The molecule has 1 aromatic rings. The molecule has 1 saturated heterocycles. The first-order chi connectivity index (χ1) is 9.60. The Balaban J connectivity index is 2.20. The van der Waals surface area contributed by atoms with E-state index in [2.05, 4.69) is 15.5 Å². The van der Waals surface area contributed by atoms with E-state index in [1.165, 1.54) is 0 Å². The molecule has 110 valence electrons. The zero-order valence-corrected chi connectivity index (χ0v) is 11.9. The number of likely N-dealkylation sites (N-methyl/N-ethyl adjacent to an activating group) is 1. The van der Waals surface area contributed by atoms with Gasteiger partial charge in [0.05, 0.1) is 11.4 Å². The van der Waals surface area contributed by atoms with Crippen molar-refractivity contribution >= 4 is 17.5 Å². The number of hydrogen-bond acceptors (Lipinski definition) is 4. The largest absolute Gasteiger partial charge is 0.395 e. The van der Waals surface area contributed by atoms with Gasteiger partial charge in [-0.2, -0.15) is 5.10 Å². The highest BCUT2D eigenvalue weighted by Crippen LogP contribution is 2.23. The zero-order valence-electron chi connectivity index (χ0n) is 11.9. The smallest absolute Gasteiger partial charge is 0.277 e. The summed E-state index contributed by atoms with van der Waals surface area (Å²) in [7, 11) is 1.57. The first-order valence-corrected chi connectivity index (χ1v) is 6.95. The van der Waals surface area contributed by atoms with Crippen molar-refractivity contribution in [3.8, 4) is 0 Å². The van der Waals surface area contributed by atoms with Gasteiger partial charge in [-0.1, -0.05) is 13.3 Å². The first-order valence-electron chi connectivity index (χ1n) is 6.95. The lowest BCUT2D eigenvalue weighted by Gasteiger charge is -2.22. The standard InChI is InChI=1S/C13H21N5O2/c1-3-5-8-10(14)11(17-16-8)13(20)18-7-4-6-9(18)12(19)15-2/h9H,3-7,14H2,1-2H3,(H,15,19)(H,16,17). The van der Waals surface area contributed by atoms with Crippen LogP contribution in [0.4, 0.5) is 5.69 Å². The predicted octanol–water partition coefficient (Wildman–Crippen LogP) is 0.295. The third-order valence-electron chi connectivity index (χ3n) is 3.65. The maximum Gasteiger partial charge on any atom is 0.277 e. The molecule has 1 atom stereocenters. The Morgan fingerprint density at radius 2 is 2.30 bits per heavy atom. The van der Waals surface area contributed by atoms with Crippen LogP contribution in [0.1, 0.15) is 42.4 Å². The van der Waals surface area contributed by atoms with Crippen molar-refractivity contribution in [3.05, 3.63) is 11.4 Å². The van der Waals surface area contributed by atoms with Gasteiger partial charge in [0.25, 0.3) is 5.91 Å². The van der Waals surface area contributed by atoms with E-state index in [1.54, 1.807) is 11.9 Å². The minimum Gasteiger partial charge on any atom is -0.395 e. The van der Waals surface area contributed by atoms with Crippen molar-refractivity contribution in [3.63, 3.8) is 0 Å². The maximum absolute atomic E-state index is 12.5. The lowest BCUT2D eigenvalue weighted by molar-refractivity contribution is -0.124. The molecule has 1 unspecified atom stereocenters. The summed E-state index contributed by atoms with van der Waals surface area (Å²) in [6.45, 7) is 2.59. The average Bonchev–Trinajstić information content (AvgIpc) is 3.06. The second-order valence-corrected chi connectivity index (χ2v) is 4.99. The van der Waals surface area contributed by atoms with E-state index in [4.69, 9.17) is 5.73 Å². The minimum absolute atomic E-state index is 0.140. The molecule has 7 nitrogen and oxygen atoms in total. The topological polar surface area (TPSA) is 104 Å². The number of hydrogen-bond donors (Lipinski definition) is 3. The molecule has 0 aliphatic carbocycles. The number of likely N-dealkylation sites (tertiary alicyclic amines) is 1. The molecule has 0 aromatic carbocycles. The molecular weight excluding hydrogens is 258 g/mol. The Bertz CT molecular complexity index is 511. The van der Waals surface area contributed by atoms with E-state index in [1.807, 2.05) is 6.92 Å². The van der Waals surface area contributed by atoms with Gasteiger partial charge in [0.1, 0.15) is 6.04 Å². The van der Waals surface area contributed by atoms with Crippen LogP contribution < -0.4 is 11.1 Å². The molecule has 20 heavy (non-hydrogen) atoms. The third-order valence-corrected chi connectivity index (χ3v) is 3.65. The minimum atomic E-state index is -0.418. The summed E-state index contributed by atoms with van der Waals surface area (Å²) >= 11 is 0. The lowest BCUT2D eigenvalue weighted by Crippen LogP contribution is -2.45. The van der Waals surface area contributed by atoms with E-state index in [0.29, 0.717) is 18.7 Å². The molecule has 2 heterocycles. The first kappa shape index (κ1) is 14.4. The molecule has 1 aromatic heterocycles. The highest BCUT2D eigenvalue weighted by atomic mass is 16.2. The fourth-order valence-electron chi connectivity index (χ4n) is 2.58. The molecule has 0 saturated carbocycles. The monoisotopic (exact) mass is 279 g/mol. The molecule has 1 fully saturated rings. The summed E-state index contributed by atoms with van der Waals surface area (Å²) in [6.07, 6.45) is 3.17. The van der Waals surface area contributed by atoms with E-state index in [0.717, 1.165) is 25.0 Å². The molecule has 0 bridgehead atoms. The summed E-state index contributed by atoms with van der Waals surface area (Å²) in [5.41, 5.74) is 7.38. The average molecular weight is 279 g/mol. The van der Waals surface area contributed by atoms with E-state index < -0.39 is 6.04 Å². The van der Waals surface area contributed by atoms with E-state index >= 15 is 0 Å².